The Morgan fingerprint density at radius 1 is 1.19 bits per heavy atom. The van der Waals surface area contributed by atoms with Crippen LogP contribution in [0.3, 0.4) is 0 Å². The molecule has 0 aliphatic rings. The summed E-state index contributed by atoms with van der Waals surface area (Å²) < 4.78 is 0. The molecule has 0 saturated heterocycles. The van der Waals surface area contributed by atoms with Gasteiger partial charge >= 0.3 is 0 Å². The van der Waals surface area contributed by atoms with E-state index in [1.54, 1.807) is 0 Å². The van der Waals surface area contributed by atoms with Gasteiger partial charge in [0.15, 0.2) is 0 Å². The molecule has 1 rings (SSSR count). The van der Waals surface area contributed by atoms with Crippen molar-refractivity contribution in [2.45, 2.75) is 39.7 Å². The van der Waals surface area contributed by atoms with E-state index in [1.807, 2.05) is 0 Å². The number of rotatable bonds is 6. The molecule has 0 spiro atoms. The fourth-order valence-electron chi connectivity index (χ4n) is 1.71. The molecule has 1 unspecified atom stereocenters. The van der Waals surface area contributed by atoms with Gasteiger partial charge in [-0.1, -0.05) is 18.2 Å². The summed E-state index contributed by atoms with van der Waals surface area (Å²) in [4.78, 5) is 0. The molecule has 0 heterocycles. The van der Waals surface area contributed by atoms with E-state index in [4.69, 9.17) is 5.11 Å². The van der Waals surface area contributed by atoms with Crippen molar-refractivity contribution in [2.24, 2.45) is 0 Å². The Balaban J connectivity index is 2.46. The molecule has 0 radical (unpaired) electrons. The predicted molar refractivity (Wildman–Crippen MR) is 68.7 cm³/mol. The maximum absolute atomic E-state index is 8.69. The average Bonchev–Trinajstić information content (AvgIpc) is 2.28. The number of aryl methyl sites for hydroxylation is 2. The highest BCUT2D eigenvalue weighted by atomic mass is 16.2. The van der Waals surface area contributed by atoms with Gasteiger partial charge in [-0.25, -0.2) is 0 Å². The molecule has 0 aliphatic carbocycles. The van der Waals surface area contributed by atoms with Gasteiger partial charge in [0.05, 0.1) is 0 Å². The van der Waals surface area contributed by atoms with Crippen LogP contribution in [0.2, 0.25) is 0 Å². The third-order valence-corrected chi connectivity index (χ3v) is 3.07. The van der Waals surface area contributed by atoms with Crippen molar-refractivity contribution in [3.63, 3.8) is 0 Å². The van der Waals surface area contributed by atoms with Crippen LogP contribution in [0.25, 0.3) is 0 Å². The van der Waals surface area contributed by atoms with E-state index < -0.39 is 0 Å². The fraction of sp³-hybridized carbons (Fsp3) is 0.571. The van der Waals surface area contributed by atoms with Gasteiger partial charge in [-0.2, -0.15) is 0 Å². The number of benzene rings is 1. The van der Waals surface area contributed by atoms with Gasteiger partial charge in [-0.05, 0) is 56.8 Å². The summed E-state index contributed by atoms with van der Waals surface area (Å²) in [6.45, 7) is 7.73. The van der Waals surface area contributed by atoms with E-state index in [0.717, 1.165) is 19.4 Å². The first-order chi connectivity index (χ1) is 7.65. The predicted octanol–water partition coefficient (Wildman–Crippen LogP) is 2.73. The van der Waals surface area contributed by atoms with E-state index in [2.05, 4.69) is 44.3 Å². The summed E-state index contributed by atoms with van der Waals surface area (Å²) in [6, 6.07) is 7.00. The number of nitrogens with one attached hydrogen (secondary N) is 1. The number of hydrogen-bond acceptors (Lipinski definition) is 2. The molecule has 1 aromatic rings. The van der Waals surface area contributed by atoms with E-state index in [9.17, 15) is 0 Å². The summed E-state index contributed by atoms with van der Waals surface area (Å²) in [5.41, 5.74) is 4.03. The molecule has 2 nitrogen and oxygen atoms in total. The van der Waals surface area contributed by atoms with Gasteiger partial charge in [-0.15, -0.1) is 0 Å². The molecule has 1 aromatic carbocycles. The third-order valence-electron chi connectivity index (χ3n) is 3.07. The standard InChI is InChI=1S/C14H23NO/c1-11-6-7-14(10-12(11)2)13(3)15-8-4-5-9-16/h6-7,10,13,15-16H,4-5,8-9H2,1-3H3. The normalized spacial score (nSPS) is 12.8. The lowest BCUT2D eigenvalue weighted by Crippen LogP contribution is -2.20. The minimum Gasteiger partial charge on any atom is -0.396 e. The van der Waals surface area contributed by atoms with Gasteiger partial charge in [-0.3, -0.25) is 0 Å². The van der Waals surface area contributed by atoms with Crippen LogP contribution >= 0.6 is 0 Å². The largest absolute Gasteiger partial charge is 0.396 e. The van der Waals surface area contributed by atoms with Crippen LogP contribution in [0.4, 0.5) is 0 Å². The van der Waals surface area contributed by atoms with Gasteiger partial charge in [0.25, 0.3) is 0 Å². The number of aliphatic hydroxyl groups excluding tert-OH is 1. The molecular weight excluding hydrogens is 198 g/mol. The molecule has 0 aliphatic heterocycles. The highest BCUT2D eigenvalue weighted by Gasteiger charge is 2.04. The van der Waals surface area contributed by atoms with Gasteiger partial charge < -0.3 is 10.4 Å². The fourth-order valence-corrected chi connectivity index (χ4v) is 1.71. The number of hydrogen-bond donors (Lipinski definition) is 2. The molecule has 2 heteroatoms. The molecule has 0 aromatic heterocycles. The second kappa shape index (κ2) is 6.66. The minimum atomic E-state index is 0.291. The van der Waals surface area contributed by atoms with Gasteiger partial charge in [0, 0.05) is 12.6 Å². The second-order valence-electron chi connectivity index (χ2n) is 4.45. The summed E-state index contributed by atoms with van der Waals surface area (Å²) in [5, 5.41) is 12.2. The van der Waals surface area contributed by atoms with Crippen molar-refractivity contribution < 1.29 is 5.11 Å². The first-order valence-corrected chi connectivity index (χ1v) is 6.06. The zero-order valence-electron chi connectivity index (χ0n) is 10.6. The minimum absolute atomic E-state index is 0.291. The van der Waals surface area contributed by atoms with Crippen LogP contribution in [0.5, 0.6) is 0 Å². The molecule has 0 amide bonds. The number of aliphatic hydroxyl groups is 1. The van der Waals surface area contributed by atoms with Gasteiger partial charge in [0.2, 0.25) is 0 Å². The van der Waals surface area contributed by atoms with Gasteiger partial charge in [0.1, 0.15) is 0 Å². The Morgan fingerprint density at radius 2 is 1.94 bits per heavy atom. The lowest BCUT2D eigenvalue weighted by atomic mass is 10.0. The van der Waals surface area contributed by atoms with Crippen LogP contribution < -0.4 is 5.32 Å². The lowest BCUT2D eigenvalue weighted by molar-refractivity contribution is 0.283. The Labute approximate surface area is 98.7 Å². The quantitative estimate of drug-likeness (QED) is 0.724. The summed E-state index contributed by atoms with van der Waals surface area (Å²) in [6.07, 6.45) is 1.92. The molecule has 1 atom stereocenters. The van der Waals surface area contributed by atoms with E-state index in [0.29, 0.717) is 12.6 Å². The monoisotopic (exact) mass is 221 g/mol. The number of unbranched alkanes of at least 4 members (excludes halogenated alkanes) is 1. The van der Waals surface area contributed by atoms with E-state index in [1.165, 1.54) is 16.7 Å². The van der Waals surface area contributed by atoms with Crippen LogP contribution in [0.1, 0.15) is 42.5 Å². The summed E-state index contributed by atoms with van der Waals surface area (Å²) in [7, 11) is 0. The van der Waals surface area contributed by atoms with Crippen molar-refractivity contribution in [3.8, 4) is 0 Å². The Hall–Kier alpha value is -0.860. The summed E-state index contributed by atoms with van der Waals surface area (Å²) in [5.74, 6) is 0. The first-order valence-electron chi connectivity index (χ1n) is 6.06. The zero-order chi connectivity index (χ0) is 12.0. The van der Waals surface area contributed by atoms with E-state index in [-0.39, 0.29) is 0 Å². The van der Waals surface area contributed by atoms with E-state index >= 15 is 0 Å². The highest BCUT2D eigenvalue weighted by molar-refractivity contribution is 5.31. The zero-order valence-corrected chi connectivity index (χ0v) is 10.6. The Morgan fingerprint density at radius 3 is 2.56 bits per heavy atom. The molecular formula is C14H23NO. The maximum Gasteiger partial charge on any atom is 0.0431 e. The third kappa shape index (κ3) is 3.95. The van der Waals surface area contributed by atoms with Crippen LogP contribution in [-0.4, -0.2) is 18.3 Å². The van der Waals surface area contributed by atoms with Crippen molar-refractivity contribution in [1.82, 2.24) is 5.32 Å². The molecule has 90 valence electrons. The molecule has 2 N–H and O–H groups in total. The topological polar surface area (TPSA) is 32.3 Å². The van der Waals surface area contributed by atoms with Crippen molar-refractivity contribution >= 4 is 0 Å². The van der Waals surface area contributed by atoms with Crippen molar-refractivity contribution in [2.75, 3.05) is 13.2 Å². The molecule has 0 saturated carbocycles. The lowest BCUT2D eigenvalue weighted by Gasteiger charge is -2.15. The SMILES string of the molecule is Cc1ccc(C(C)NCCCCO)cc1C. The van der Waals surface area contributed by atoms with Crippen LogP contribution in [0, 0.1) is 13.8 Å². The van der Waals surface area contributed by atoms with Crippen LogP contribution in [-0.2, 0) is 0 Å². The molecule has 16 heavy (non-hydrogen) atoms. The van der Waals surface area contributed by atoms with Crippen molar-refractivity contribution in [3.05, 3.63) is 34.9 Å². The first kappa shape index (κ1) is 13.2. The Kier molecular flexibility index (Phi) is 5.50. The van der Waals surface area contributed by atoms with Crippen molar-refractivity contribution in [1.29, 1.82) is 0 Å². The summed E-state index contributed by atoms with van der Waals surface area (Å²) >= 11 is 0. The molecule has 0 fully saturated rings. The Bertz CT molecular complexity index is 323. The van der Waals surface area contributed by atoms with Crippen LogP contribution in [0.15, 0.2) is 18.2 Å². The average molecular weight is 221 g/mol. The highest BCUT2D eigenvalue weighted by Crippen LogP contribution is 2.16. The maximum atomic E-state index is 8.69. The molecule has 0 bridgehead atoms. The smallest absolute Gasteiger partial charge is 0.0431 e. The second-order valence-corrected chi connectivity index (χ2v) is 4.45.